The number of aromatic nitrogens is 4. The first-order valence-electron chi connectivity index (χ1n) is 17.3. The number of nitrogen functional groups attached to an aromatic ring is 1. The zero-order chi connectivity index (χ0) is 42.8. The number of amides is 2. The van der Waals surface area contributed by atoms with Crippen LogP contribution in [0.1, 0.15) is 59.6 Å². The Kier molecular flexibility index (Phi) is 17.9. The third-order valence-corrected chi connectivity index (χ3v) is 12.0. The number of aliphatic hydroxyl groups is 2. The number of phosphoric acid groups is 3. The van der Waals surface area contributed by atoms with Gasteiger partial charge in [0.05, 0.1) is 19.5 Å². The van der Waals surface area contributed by atoms with E-state index < -0.39 is 84.6 Å². The Labute approximate surface area is 330 Å². The van der Waals surface area contributed by atoms with Crippen molar-refractivity contribution in [2.24, 2.45) is 5.41 Å². The van der Waals surface area contributed by atoms with Crippen LogP contribution in [0.15, 0.2) is 24.3 Å². The summed E-state index contributed by atoms with van der Waals surface area (Å²) in [6.07, 6.45) is -2.79. The second-order valence-corrected chi connectivity index (χ2v) is 18.4. The number of thioether (sulfide) groups is 1. The molecule has 28 heteroatoms. The summed E-state index contributed by atoms with van der Waals surface area (Å²) in [6.45, 7) is 4.42. The molecule has 0 saturated carbocycles. The number of nitrogens with zero attached hydrogens (tertiary/aromatic N) is 4. The fraction of sp³-hybridized carbons (Fsp3) is 0.655. The standard InChI is InChI=1S/C29H48N7O17P3S/c1-5-7-17(8-6-2)28(41)57-12-11-31-19(37)9-10-32-26(40)23(39)29(3,4)14-50-56(47,48)53-55(45,46)49-13-18-22(52-54(42,43)44)21(38)27(51-18)36-16-35-20-24(30)33-15-34-25(20)36/h7,15-16,18,21-23,27,38-39H,5-6,8-14H2,1-4H3,(H,31,37)(H,32,40)(H,45,46)(H,47,48)(H2,30,33,34)(H2,42,43,44)/b17-7+/t18-,21-,22-,23+,27-/m1/s1. The molecule has 3 rings (SSSR count). The lowest BCUT2D eigenvalue weighted by molar-refractivity contribution is -0.137. The van der Waals surface area contributed by atoms with E-state index in [4.69, 9.17) is 19.5 Å². The third kappa shape index (κ3) is 14.8. The van der Waals surface area contributed by atoms with Gasteiger partial charge in [-0.3, -0.25) is 32.5 Å². The van der Waals surface area contributed by atoms with Crippen LogP contribution in [-0.2, 0) is 50.7 Å². The molecule has 0 spiro atoms. The number of nitrogens with one attached hydrogen (secondary N) is 2. The van der Waals surface area contributed by atoms with Crippen molar-refractivity contribution >= 4 is 69.1 Å². The first kappa shape index (κ1) is 48.7. The van der Waals surface area contributed by atoms with Gasteiger partial charge in [-0.05, 0) is 12.8 Å². The van der Waals surface area contributed by atoms with E-state index in [1.165, 1.54) is 13.8 Å². The molecule has 2 amide bonds. The fourth-order valence-corrected chi connectivity index (χ4v) is 8.76. The number of ether oxygens (including phenoxy) is 1. The maximum Gasteiger partial charge on any atom is 0.481 e. The average molecular weight is 892 g/mol. The Balaban J connectivity index is 1.49. The van der Waals surface area contributed by atoms with E-state index in [1.54, 1.807) is 0 Å². The summed E-state index contributed by atoms with van der Waals surface area (Å²) in [7, 11) is -16.4. The van der Waals surface area contributed by atoms with Gasteiger partial charge >= 0.3 is 23.5 Å². The van der Waals surface area contributed by atoms with Crippen LogP contribution in [0.3, 0.4) is 0 Å². The van der Waals surface area contributed by atoms with Gasteiger partial charge in [-0.15, -0.1) is 0 Å². The molecule has 2 aromatic heterocycles. The van der Waals surface area contributed by atoms with Gasteiger partial charge < -0.3 is 50.9 Å². The zero-order valence-corrected chi connectivity index (χ0v) is 34.8. The molecule has 1 aliphatic rings. The van der Waals surface area contributed by atoms with Crippen LogP contribution >= 0.6 is 35.2 Å². The van der Waals surface area contributed by atoms with Gasteiger partial charge in [0.25, 0.3) is 0 Å². The average Bonchev–Trinajstić information content (AvgIpc) is 3.67. The zero-order valence-electron chi connectivity index (χ0n) is 31.3. The van der Waals surface area contributed by atoms with Gasteiger partial charge in [-0.2, -0.15) is 4.31 Å². The van der Waals surface area contributed by atoms with Crippen molar-refractivity contribution in [3.05, 3.63) is 24.3 Å². The molecule has 0 aromatic carbocycles. The molecule has 2 aromatic rings. The molecule has 10 N–H and O–H groups in total. The van der Waals surface area contributed by atoms with Crippen molar-refractivity contribution in [3.8, 4) is 0 Å². The lowest BCUT2D eigenvalue weighted by atomic mass is 9.87. The van der Waals surface area contributed by atoms with Crippen LogP contribution in [0.5, 0.6) is 0 Å². The minimum Gasteiger partial charge on any atom is -0.386 e. The Bertz CT molecular complexity index is 1900. The number of imidazole rings is 1. The SMILES string of the molecule is CC/C=C(\CCC)C(=O)SCCNC(=O)CCNC(=O)[C@H](O)C(C)(C)COP(=O)(O)OP(=O)(O)OC[C@H]1O[C@@H](n2cnc3c(N)ncnc32)[C@H](O)[C@@H]1OP(=O)(O)O. The highest BCUT2D eigenvalue weighted by Crippen LogP contribution is 2.61. The molecule has 7 atom stereocenters. The van der Waals surface area contributed by atoms with Crippen LogP contribution in [0.2, 0.25) is 0 Å². The van der Waals surface area contributed by atoms with Gasteiger partial charge in [-0.1, -0.05) is 52.0 Å². The summed E-state index contributed by atoms with van der Waals surface area (Å²) in [4.78, 5) is 88.1. The monoisotopic (exact) mass is 891 g/mol. The predicted molar refractivity (Wildman–Crippen MR) is 200 cm³/mol. The maximum absolute atomic E-state index is 12.7. The Morgan fingerprint density at radius 2 is 1.74 bits per heavy atom. The Hall–Kier alpha value is -2.70. The van der Waals surface area contributed by atoms with Crippen LogP contribution in [0, 0.1) is 5.41 Å². The normalized spacial score (nSPS) is 21.8. The van der Waals surface area contributed by atoms with Crippen molar-refractivity contribution in [1.82, 2.24) is 30.2 Å². The van der Waals surface area contributed by atoms with E-state index in [2.05, 4.69) is 34.4 Å². The number of hydrogen-bond donors (Lipinski definition) is 9. The lowest BCUT2D eigenvalue weighted by Gasteiger charge is -2.30. The van der Waals surface area contributed by atoms with E-state index >= 15 is 0 Å². The van der Waals surface area contributed by atoms with E-state index in [0.717, 1.165) is 47.4 Å². The molecular weight excluding hydrogens is 843 g/mol. The third-order valence-electron chi connectivity index (χ3n) is 7.97. The number of carbonyl (C=O) groups excluding carboxylic acids is 3. The number of rotatable bonds is 23. The van der Waals surface area contributed by atoms with Gasteiger partial charge in [0, 0.05) is 36.3 Å². The van der Waals surface area contributed by atoms with Gasteiger partial charge in [0.15, 0.2) is 17.7 Å². The van der Waals surface area contributed by atoms with E-state index in [9.17, 15) is 57.9 Å². The lowest BCUT2D eigenvalue weighted by Crippen LogP contribution is -2.46. The number of nitrogens with two attached hydrogens (primary N) is 1. The van der Waals surface area contributed by atoms with E-state index in [0.29, 0.717) is 12.2 Å². The van der Waals surface area contributed by atoms with Crippen molar-refractivity contribution in [3.63, 3.8) is 0 Å². The second-order valence-electron chi connectivity index (χ2n) is 13.1. The first-order chi connectivity index (χ1) is 26.5. The van der Waals surface area contributed by atoms with E-state index in [1.807, 2.05) is 19.9 Å². The molecule has 1 fully saturated rings. The fourth-order valence-electron chi connectivity index (χ4n) is 5.17. The topological polar surface area (TPSA) is 364 Å². The quantitative estimate of drug-likeness (QED) is 0.0423. The summed E-state index contributed by atoms with van der Waals surface area (Å²) >= 11 is 1.09. The molecular formula is C29H48N7O17P3S. The highest BCUT2D eigenvalue weighted by molar-refractivity contribution is 8.14. The first-order valence-corrected chi connectivity index (χ1v) is 22.8. The highest BCUT2D eigenvalue weighted by atomic mass is 32.2. The maximum atomic E-state index is 12.7. The number of phosphoric ester groups is 3. The molecule has 24 nitrogen and oxygen atoms in total. The summed E-state index contributed by atoms with van der Waals surface area (Å²) in [5, 5.41) is 26.4. The van der Waals surface area contributed by atoms with Gasteiger partial charge in [-0.25, -0.2) is 28.6 Å². The number of aliphatic hydroxyl groups excluding tert-OH is 2. The minimum absolute atomic E-state index is 0.0309. The molecule has 57 heavy (non-hydrogen) atoms. The van der Waals surface area contributed by atoms with Crippen molar-refractivity contribution in [2.45, 2.75) is 84.0 Å². The number of anilines is 1. The van der Waals surface area contributed by atoms with Crippen LogP contribution in [0.4, 0.5) is 5.82 Å². The highest BCUT2D eigenvalue weighted by Gasteiger charge is 2.50. The molecule has 322 valence electrons. The molecule has 2 unspecified atom stereocenters. The smallest absolute Gasteiger partial charge is 0.386 e. The number of carbonyl (C=O) groups is 3. The summed E-state index contributed by atoms with van der Waals surface area (Å²) in [5.41, 5.74) is 5.00. The largest absolute Gasteiger partial charge is 0.481 e. The second kappa shape index (κ2) is 21.0. The molecule has 3 heterocycles. The van der Waals surface area contributed by atoms with Gasteiger partial charge in [0.1, 0.15) is 36.3 Å². The molecule has 0 radical (unpaired) electrons. The molecule has 1 aliphatic heterocycles. The number of fused-ring (bicyclic) bond motifs is 1. The van der Waals surface area contributed by atoms with Crippen molar-refractivity contribution in [2.75, 3.05) is 37.8 Å². The minimum atomic E-state index is -5.57. The molecule has 1 saturated heterocycles. The van der Waals surface area contributed by atoms with E-state index in [-0.39, 0.29) is 41.6 Å². The summed E-state index contributed by atoms with van der Waals surface area (Å²) in [6, 6.07) is 0. The van der Waals surface area contributed by atoms with Crippen LogP contribution in [-0.4, -0.2) is 123 Å². The van der Waals surface area contributed by atoms with Crippen LogP contribution in [0.25, 0.3) is 11.2 Å². The predicted octanol–water partition coefficient (Wildman–Crippen LogP) is 0.801. The van der Waals surface area contributed by atoms with Crippen molar-refractivity contribution in [1.29, 1.82) is 0 Å². The Morgan fingerprint density at radius 1 is 1.05 bits per heavy atom. The van der Waals surface area contributed by atoms with Crippen molar-refractivity contribution < 1.29 is 80.5 Å². The van der Waals surface area contributed by atoms with Crippen LogP contribution < -0.4 is 16.4 Å². The summed E-state index contributed by atoms with van der Waals surface area (Å²) < 4.78 is 62.2. The number of allylic oxidation sites excluding steroid dienone is 1. The van der Waals surface area contributed by atoms with Gasteiger partial charge in [0.2, 0.25) is 16.9 Å². The Morgan fingerprint density at radius 3 is 2.39 bits per heavy atom. The molecule has 0 bridgehead atoms. The number of hydrogen-bond acceptors (Lipinski definition) is 18. The molecule has 0 aliphatic carbocycles. The summed E-state index contributed by atoms with van der Waals surface area (Å²) in [5.74, 6) is -1.10.